The number of rotatable bonds is 7. The second-order valence-corrected chi connectivity index (χ2v) is 7.86. The number of aromatic nitrogens is 1. The Morgan fingerprint density at radius 2 is 2.04 bits per heavy atom. The van der Waals surface area contributed by atoms with Crippen molar-refractivity contribution in [1.29, 1.82) is 0 Å². The monoisotopic (exact) mass is 415 g/mol. The summed E-state index contributed by atoms with van der Waals surface area (Å²) in [4.78, 5) is 28.2. The quantitative estimate of drug-likeness (QED) is 0.423. The Kier molecular flexibility index (Phi) is 6.27. The van der Waals surface area contributed by atoms with E-state index in [4.69, 9.17) is 4.74 Å². The molecule has 0 aliphatic heterocycles. The Labute approximate surface area is 169 Å². The summed E-state index contributed by atoms with van der Waals surface area (Å²) < 4.78 is 6.08. The number of nitro groups is 1. The molecule has 0 bridgehead atoms. The smallest absolute Gasteiger partial charge is 0.284 e. The Bertz CT molecular complexity index is 1000. The molecule has 0 unspecified atom stereocenters. The molecule has 0 radical (unpaired) electrons. The molecule has 1 aromatic heterocycles. The summed E-state index contributed by atoms with van der Waals surface area (Å²) >= 11 is 2.64. The standard InChI is InChI=1S/C19H17N3O4S2/c1-3-26-15-7-5-14(6-8-15)21-18(23)13-4-9-17(16(10-13)22(24)25)28-19-20-12(2)11-27-19/h4-11H,3H2,1-2H3,(H,21,23). The molecule has 0 aliphatic rings. The van der Waals surface area contributed by atoms with Gasteiger partial charge in [0.25, 0.3) is 11.6 Å². The number of thiazole rings is 1. The van der Waals surface area contributed by atoms with Crippen LogP contribution in [0.2, 0.25) is 0 Å². The highest BCUT2D eigenvalue weighted by Gasteiger charge is 2.19. The van der Waals surface area contributed by atoms with Crippen LogP contribution < -0.4 is 10.1 Å². The van der Waals surface area contributed by atoms with Crippen molar-refractivity contribution in [3.8, 4) is 5.75 Å². The second kappa shape index (κ2) is 8.85. The average molecular weight is 415 g/mol. The van der Waals surface area contributed by atoms with Gasteiger partial charge >= 0.3 is 0 Å². The molecule has 2 aromatic carbocycles. The first-order chi connectivity index (χ1) is 13.5. The van der Waals surface area contributed by atoms with Gasteiger partial charge in [0.2, 0.25) is 0 Å². The fourth-order valence-corrected chi connectivity index (χ4v) is 4.24. The van der Waals surface area contributed by atoms with Crippen molar-refractivity contribution < 1.29 is 14.5 Å². The molecule has 28 heavy (non-hydrogen) atoms. The van der Waals surface area contributed by atoms with Gasteiger partial charge in [0.15, 0.2) is 4.34 Å². The van der Waals surface area contributed by atoms with Crippen LogP contribution in [0.25, 0.3) is 0 Å². The van der Waals surface area contributed by atoms with E-state index in [9.17, 15) is 14.9 Å². The van der Waals surface area contributed by atoms with Crippen molar-refractivity contribution in [2.24, 2.45) is 0 Å². The number of anilines is 1. The van der Waals surface area contributed by atoms with Crippen LogP contribution >= 0.6 is 23.1 Å². The van der Waals surface area contributed by atoms with Crippen LogP contribution in [0.4, 0.5) is 11.4 Å². The molecular formula is C19H17N3O4S2. The lowest BCUT2D eigenvalue weighted by molar-refractivity contribution is -0.387. The molecule has 3 rings (SSSR count). The minimum atomic E-state index is -0.490. The topological polar surface area (TPSA) is 94.4 Å². The van der Waals surface area contributed by atoms with Gasteiger partial charge in [-0.15, -0.1) is 11.3 Å². The number of hydrogen-bond acceptors (Lipinski definition) is 7. The minimum absolute atomic E-state index is 0.128. The number of nitro benzene ring substituents is 1. The number of aryl methyl sites for hydroxylation is 1. The van der Waals surface area contributed by atoms with Crippen molar-refractivity contribution in [2.45, 2.75) is 23.1 Å². The van der Waals surface area contributed by atoms with Crippen LogP contribution in [-0.2, 0) is 0 Å². The molecule has 1 heterocycles. The molecule has 1 amide bonds. The third kappa shape index (κ3) is 4.87. The minimum Gasteiger partial charge on any atom is -0.494 e. The molecule has 7 nitrogen and oxygen atoms in total. The molecule has 0 spiro atoms. The fraction of sp³-hybridized carbons (Fsp3) is 0.158. The molecule has 3 aromatic rings. The molecule has 1 N–H and O–H groups in total. The van der Waals surface area contributed by atoms with Crippen molar-refractivity contribution >= 4 is 40.4 Å². The van der Waals surface area contributed by atoms with Crippen LogP contribution in [0.5, 0.6) is 5.75 Å². The molecule has 0 saturated heterocycles. The van der Waals surface area contributed by atoms with E-state index in [0.717, 1.165) is 5.69 Å². The number of nitrogens with zero attached hydrogens (tertiary/aromatic N) is 2. The molecule has 0 aliphatic carbocycles. The normalized spacial score (nSPS) is 10.5. The van der Waals surface area contributed by atoms with Gasteiger partial charge in [0.05, 0.1) is 16.4 Å². The highest BCUT2D eigenvalue weighted by atomic mass is 32.2. The van der Waals surface area contributed by atoms with Crippen LogP contribution in [0.15, 0.2) is 57.1 Å². The van der Waals surface area contributed by atoms with Crippen LogP contribution in [0.3, 0.4) is 0 Å². The third-order valence-corrected chi connectivity index (χ3v) is 5.76. The Balaban J connectivity index is 1.78. The van der Waals surface area contributed by atoms with Crippen LogP contribution in [0.1, 0.15) is 23.0 Å². The van der Waals surface area contributed by atoms with E-state index in [1.807, 2.05) is 19.2 Å². The van der Waals surface area contributed by atoms with E-state index in [0.29, 0.717) is 27.3 Å². The largest absolute Gasteiger partial charge is 0.494 e. The maximum Gasteiger partial charge on any atom is 0.284 e. The number of carbonyl (C=O) groups is 1. The number of benzene rings is 2. The third-order valence-electron chi connectivity index (χ3n) is 3.64. The first-order valence-corrected chi connectivity index (χ1v) is 10.1. The van der Waals surface area contributed by atoms with Gasteiger partial charge in [-0.3, -0.25) is 14.9 Å². The van der Waals surface area contributed by atoms with Gasteiger partial charge in [0, 0.05) is 28.4 Å². The molecule has 9 heteroatoms. The zero-order valence-electron chi connectivity index (χ0n) is 15.2. The van der Waals surface area contributed by atoms with Gasteiger partial charge in [-0.2, -0.15) is 0 Å². The summed E-state index contributed by atoms with van der Waals surface area (Å²) in [5.74, 6) is 0.281. The Morgan fingerprint density at radius 1 is 1.29 bits per heavy atom. The van der Waals surface area contributed by atoms with Gasteiger partial charge in [-0.1, -0.05) is 11.8 Å². The van der Waals surface area contributed by atoms with E-state index in [1.165, 1.54) is 29.2 Å². The highest BCUT2D eigenvalue weighted by Crippen LogP contribution is 2.36. The van der Waals surface area contributed by atoms with E-state index in [-0.39, 0.29) is 11.3 Å². The summed E-state index contributed by atoms with van der Waals surface area (Å²) in [5, 5.41) is 16.1. The van der Waals surface area contributed by atoms with Crippen molar-refractivity contribution in [3.63, 3.8) is 0 Å². The van der Waals surface area contributed by atoms with Gasteiger partial charge in [-0.05, 0) is 50.2 Å². The lowest BCUT2D eigenvalue weighted by Crippen LogP contribution is -2.12. The van der Waals surface area contributed by atoms with Crippen LogP contribution in [-0.4, -0.2) is 22.4 Å². The van der Waals surface area contributed by atoms with Gasteiger partial charge in [0.1, 0.15) is 5.75 Å². The Hall–Kier alpha value is -2.91. The van der Waals surface area contributed by atoms with Gasteiger partial charge in [-0.25, -0.2) is 4.98 Å². The van der Waals surface area contributed by atoms with E-state index < -0.39 is 10.8 Å². The summed E-state index contributed by atoms with van der Waals surface area (Å²) in [7, 11) is 0. The molecular weight excluding hydrogens is 398 g/mol. The first-order valence-electron chi connectivity index (χ1n) is 8.39. The van der Waals surface area contributed by atoms with Crippen molar-refractivity contribution in [1.82, 2.24) is 4.98 Å². The van der Waals surface area contributed by atoms with E-state index in [1.54, 1.807) is 36.4 Å². The number of amides is 1. The average Bonchev–Trinajstić information content (AvgIpc) is 3.08. The fourth-order valence-electron chi connectivity index (χ4n) is 2.37. The summed E-state index contributed by atoms with van der Waals surface area (Å²) in [6, 6.07) is 11.4. The predicted octanol–water partition coefficient (Wildman–Crippen LogP) is 5.16. The zero-order chi connectivity index (χ0) is 20.1. The predicted molar refractivity (Wildman–Crippen MR) is 110 cm³/mol. The number of ether oxygens (including phenoxy) is 1. The van der Waals surface area contributed by atoms with Gasteiger partial charge < -0.3 is 10.1 Å². The molecule has 0 atom stereocenters. The summed E-state index contributed by atoms with van der Waals surface area (Å²) in [5.41, 5.74) is 1.52. The maximum absolute atomic E-state index is 12.5. The zero-order valence-corrected chi connectivity index (χ0v) is 16.8. The molecule has 144 valence electrons. The second-order valence-electron chi connectivity index (χ2n) is 5.71. The highest BCUT2D eigenvalue weighted by molar-refractivity contribution is 8.01. The van der Waals surface area contributed by atoms with Crippen molar-refractivity contribution in [2.75, 3.05) is 11.9 Å². The number of hydrogen-bond donors (Lipinski definition) is 1. The molecule has 0 saturated carbocycles. The lowest BCUT2D eigenvalue weighted by Gasteiger charge is -2.08. The summed E-state index contributed by atoms with van der Waals surface area (Å²) in [6.07, 6.45) is 0. The first kappa shape index (κ1) is 19.8. The Morgan fingerprint density at radius 3 is 2.64 bits per heavy atom. The SMILES string of the molecule is CCOc1ccc(NC(=O)c2ccc(Sc3nc(C)cs3)c([N+](=O)[O-])c2)cc1. The van der Waals surface area contributed by atoms with E-state index >= 15 is 0 Å². The maximum atomic E-state index is 12.5. The number of nitrogens with one attached hydrogen (secondary N) is 1. The lowest BCUT2D eigenvalue weighted by atomic mass is 10.2. The van der Waals surface area contributed by atoms with Crippen LogP contribution in [0, 0.1) is 17.0 Å². The van der Waals surface area contributed by atoms with E-state index in [2.05, 4.69) is 10.3 Å². The number of carbonyl (C=O) groups excluding carboxylic acids is 1. The van der Waals surface area contributed by atoms with Crippen molar-refractivity contribution in [3.05, 3.63) is 69.2 Å². The molecule has 0 fully saturated rings. The summed E-state index contributed by atoms with van der Waals surface area (Å²) in [6.45, 7) is 4.31.